The van der Waals surface area contributed by atoms with Crippen LogP contribution in [0.25, 0.3) is 0 Å². The van der Waals surface area contributed by atoms with Crippen LogP contribution in [0.5, 0.6) is 5.75 Å². The van der Waals surface area contributed by atoms with Crippen molar-refractivity contribution in [2.45, 2.75) is 31.8 Å². The number of benzene rings is 2. The van der Waals surface area contributed by atoms with Gasteiger partial charge in [-0.3, -0.25) is 0 Å². The third-order valence-corrected chi connectivity index (χ3v) is 4.08. The van der Waals surface area contributed by atoms with Crippen molar-refractivity contribution in [3.8, 4) is 5.75 Å². The van der Waals surface area contributed by atoms with E-state index in [1.807, 2.05) is 18.2 Å². The van der Waals surface area contributed by atoms with Crippen molar-refractivity contribution in [2.24, 2.45) is 0 Å². The van der Waals surface area contributed by atoms with Crippen LogP contribution in [0.2, 0.25) is 0 Å². The molecular formula is C18H20O2. The lowest BCUT2D eigenvalue weighted by Crippen LogP contribution is -2.22. The maximum absolute atomic E-state index is 10.5. The number of fused-ring (bicyclic) bond motifs is 1. The lowest BCUT2D eigenvalue weighted by atomic mass is 9.91. The van der Waals surface area contributed by atoms with Crippen LogP contribution in [0.1, 0.15) is 29.5 Å². The van der Waals surface area contributed by atoms with Gasteiger partial charge in [-0.25, -0.2) is 0 Å². The summed E-state index contributed by atoms with van der Waals surface area (Å²) in [7, 11) is 0. The molecular weight excluding hydrogens is 248 g/mol. The molecule has 0 aliphatic carbocycles. The molecule has 2 aromatic carbocycles. The van der Waals surface area contributed by atoms with Crippen molar-refractivity contribution >= 4 is 0 Å². The van der Waals surface area contributed by atoms with Gasteiger partial charge in [0.2, 0.25) is 0 Å². The first-order chi connectivity index (χ1) is 9.78. The van der Waals surface area contributed by atoms with Gasteiger partial charge in [0, 0.05) is 11.5 Å². The van der Waals surface area contributed by atoms with Crippen molar-refractivity contribution in [3.63, 3.8) is 0 Å². The summed E-state index contributed by atoms with van der Waals surface area (Å²) in [6.07, 6.45) is 1.32. The Morgan fingerprint density at radius 3 is 2.55 bits per heavy atom. The van der Waals surface area contributed by atoms with E-state index < -0.39 is 6.10 Å². The number of rotatable bonds is 4. The molecule has 1 heterocycles. The lowest BCUT2D eigenvalue weighted by molar-refractivity contribution is 0.129. The second-order valence-corrected chi connectivity index (χ2v) is 5.40. The fourth-order valence-corrected chi connectivity index (χ4v) is 2.80. The minimum atomic E-state index is -0.397. The summed E-state index contributed by atoms with van der Waals surface area (Å²) < 4.78 is 5.65. The molecule has 2 atom stereocenters. The van der Waals surface area contributed by atoms with Gasteiger partial charge in [-0.15, -0.1) is 0 Å². The van der Waals surface area contributed by atoms with Gasteiger partial charge < -0.3 is 9.84 Å². The summed E-state index contributed by atoms with van der Waals surface area (Å²) in [5.74, 6) is 0.995. The first kappa shape index (κ1) is 13.2. The average molecular weight is 268 g/mol. The smallest absolute Gasteiger partial charge is 0.123 e. The molecule has 2 unspecified atom stereocenters. The fraction of sp³-hybridized carbons (Fsp3) is 0.333. The monoisotopic (exact) mass is 268 g/mol. The summed E-state index contributed by atoms with van der Waals surface area (Å²) in [6.45, 7) is 2.73. The number of aryl methyl sites for hydroxylation is 1. The highest BCUT2D eigenvalue weighted by molar-refractivity contribution is 5.40. The van der Waals surface area contributed by atoms with Crippen LogP contribution in [0.15, 0.2) is 48.5 Å². The van der Waals surface area contributed by atoms with E-state index in [9.17, 15) is 5.11 Å². The molecule has 0 amide bonds. The highest BCUT2D eigenvalue weighted by Crippen LogP contribution is 2.36. The SMILES string of the molecule is CCc1ccc(CC(O)C2COc3ccccc32)cc1. The molecule has 0 saturated heterocycles. The molecule has 2 heteroatoms. The second kappa shape index (κ2) is 5.68. The summed E-state index contributed by atoms with van der Waals surface area (Å²) in [6, 6.07) is 16.5. The van der Waals surface area contributed by atoms with Crippen molar-refractivity contribution in [1.29, 1.82) is 0 Å². The van der Waals surface area contributed by atoms with E-state index in [1.165, 1.54) is 11.1 Å². The van der Waals surface area contributed by atoms with Crippen molar-refractivity contribution in [1.82, 2.24) is 0 Å². The number of para-hydroxylation sites is 1. The van der Waals surface area contributed by atoms with E-state index in [0.29, 0.717) is 13.0 Å². The van der Waals surface area contributed by atoms with Gasteiger partial charge >= 0.3 is 0 Å². The van der Waals surface area contributed by atoms with Crippen LogP contribution in [0, 0.1) is 0 Å². The van der Waals surface area contributed by atoms with E-state index in [4.69, 9.17) is 4.74 Å². The molecule has 1 N–H and O–H groups in total. The highest BCUT2D eigenvalue weighted by Gasteiger charge is 2.29. The zero-order chi connectivity index (χ0) is 13.9. The normalized spacial score (nSPS) is 18.4. The molecule has 0 aromatic heterocycles. The molecule has 1 aliphatic rings. The molecule has 3 rings (SSSR count). The first-order valence-electron chi connectivity index (χ1n) is 7.25. The Hall–Kier alpha value is -1.80. The molecule has 20 heavy (non-hydrogen) atoms. The number of aliphatic hydroxyl groups is 1. The minimum Gasteiger partial charge on any atom is -0.493 e. The third-order valence-electron chi connectivity index (χ3n) is 4.08. The first-order valence-corrected chi connectivity index (χ1v) is 7.25. The molecule has 2 aromatic rings. The van der Waals surface area contributed by atoms with E-state index in [1.54, 1.807) is 0 Å². The Balaban J connectivity index is 1.72. The number of ether oxygens (including phenoxy) is 1. The summed E-state index contributed by atoms with van der Waals surface area (Å²) in [5, 5.41) is 10.5. The van der Waals surface area contributed by atoms with Gasteiger partial charge in [-0.05, 0) is 30.0 Å². The van der Waals surface area contributed by atoms with Crippen molar-refractivity contribution in [3.05, 3.63) is 65.2 Å². The quantitative estimate of drug-likeness (QED) is 0.921. The van der Waals surface area contributed by atoms with Gasteiger partial charge in [-0.1, -0.05) is 49.4 Å². The van der Waals surface area contributed by atoms with Gasteiger partial charge in [0.25, 0.3) is 0 Å². The molecule has 0 spiro atoms. The summed E-state index contributed by atoms with van der Waals surface area (Å²) in [4.78, 5) is 0. The van der Waals surface area contributed by atoms with E-state index in [0.717, 1.165) is 17.7 Å². The van der Waals surface area contributed by atoms with Crippen molar-refractivity contribution in [2.75, 3.05) is 6.61 Å². The molecule has 0 radical (unpaired) electrons. The zero-order valence-corrected chi connectivity index (χ0v) is 11.8. The standard InChI is InChI=1S/C18H20O2/c1-2-13-7-9-14(10-8-13)11-17(19)16-12-20-18-6-4-3-5-15(16)18/h3-10,16-17,19H,2,11-12H2,1H3. The van der Waals surface area contributed by atoms with Gasteiger partial charge in [0.1, 0.15) is 5.75 Å². The van der Waals surface area contributed by atoms with Crippen molar-refractivity contribution < 1.29 is 9.84 Å². The summed E-state index contributed by atoms with van der Waals surface area (Å²) in [5.41, 5.74) is 3.64. The molecule has 104 valence electrons. The molecule has 2 nitrogen and oxygen atoms in total. The fourth-order valence-electron chi connectivity index (χ4n) is 2.80. The van der Waals surface area contributed by atoms with Crippen LogP contribution in [0.4, 0.5) is 0 Å². The van der Waals surface area contributed by atoms with E-state index in [2.05, 4.69) is 37.3 Å². The Bertz CT molecular complexity index is 574. The largest absolute Gasteiger partial charge is 0.493 e. The van der Waals surface area contributed by atoms with Crippen LogP contribution in [-0.2, 0) is 12.8 Å². The number of hydrogen-bond acceptors (Lipinski definition) is 2. The minimum absolute atomic E-state index is 0.0806. The van der Waals surface area contributed by atoms with Gasteiger partial charge in [0.15, 0.2) is 0 Å². The maximum Gasteiger partial charge on any atom is 0.123 e. The number of aliphatic hydroxyl groups excluding tert-OH is 1. The molecule has 1 aliphatic heterocycles. The Morgan fingerprint density at radius 1 is 1.10 bits per heavy atom. The predicted octanol–water partition coefficient (Wildman–Crippen LogP) is 3.33. The van der Waals surface area contributed by atoms with E-state index >= 15 is 0 Å². The highest BCUT2D eigenvalue weighted by atomic mass is 16.5. The Kier molecular flexibility index (Phi) is 3.75. The summed E-state index contributed by atoms with van der Waals surface area (Å²) >= 11 is 0. The second-order valence-electron chi connectivity index (χ2n) is 5.40. The molecule has 0 saturated carbocycles. The third kappa shape index (κ3) is 2.56. The average Bonchev–Trinajstić information content (AvgIpc) is 2.92. The van der Waals surface area contributed by atoms with Gasteiger partial charge in [0.05, 0.1) is 12.7 Å². The van der Waals surface area contributed by atoms with Crippen LogP contribution >= 0.6 is 0 Å². The lowest BCUT2D eigenvalue weighted by Gasteiger charge is -2.17. The topological polar surface area (TPSA) is 29.5 Å². The van der Waals surface area contributed by atoms with Crippen LogP contribution < -0.4 is 4.74 Å². The zero-order valence-electron chi connectivity index (χ0n) is 11.8. The van der Waals surface area contributed by atoms with Gasteiger partial charge in [-0.2, -0.15) is 0 Å². The maximum atomic E-state index is 10.5. The van der Waals surface area contributed by atoms with Crippen LogP contribution in [0.3, 0.4) is 0 Å². The predicted molar refractivity (Wildman–Crippen MR) is 80.2 cm³/mol. The molecule has 0 bridgehead atoms. The van der Waals surface area contributed by atoms with Crippen LogP contribution in [-0.4, -0.2) is 17.8 Å². The van der Waals surface area contributed by atoms with E-state index in [-0.39, 0.29) is 5.92 Å². The Morgan fingerprint density at radius 2 is 1.80 bits per heavy atom. The number of hydrogen-bond donors (Lipinski definition) is 1. The Labute approximate surface area is 120 Å². The molecule has 0 fully saturated rings.